The van der Waals surface area contributed by atoms with Crippen LogP contribution in [0.25, 0.3) is 0 Å². The lowest BCUT2D eigenvalue weighted by molar-refractivity contribution is -0.0539. The maximum absolute atomic E-state index is 13.0. The van der Waals surface area contributed by atoms with Crippen LogP contribution in [-0.2, 0) is 9.47 Å². The predicted octanol–water partition coefficient (Wildman–Crippen LogP) is 2.34. The molecule has 2 rings (SSSR count). The molecule has 1 aliphatic carbocycles. The van der Waals surface area contributed by atoms with Crippen molar-refractivity contribution in [1.29, 1.82) is 0 Å². The molecule has 0 amide bonds. The molecule has 0 spiro atoms. The lowest BCUT2D eigenvalue weighted by atomic mass is 9.94. The number of carbonyl (C=O) groups is 1. The highest BCUT2D eigenvalue weighted by molar-refractivity contribution is 5.89. The molecule has 1 aromatic rings. The first-order chi connectivity index (χ1) is 8.70. The van der Waals surface area contributed by atoms with Gasteiger partial charge >= 0.3 is 5.97 Å². The second-order valence-electron chi connectivity index (χ2n) is 4.39. The summed E-state index contributed by atoms with van der Waals surface area (Å²) in [4.78, 5) is 15.5. The minimum absolute atomic E-state index is 0.0655. The molecule has 1 heterocycles. The quantitative estimate of drug-likeness (QED) is 0.776. The highest BCUT2D eigenvalue weighted by Gasteiger charge is 2.28. The largest absolute Gasteiger partial charge is 0.456 e. The van der Waals surface area contributed by atoms with Crippen LogP contribution < -0.4 is 0 Å². The van der Waals surface area contributed by atoms with Crippen LogP contribution in [0.15, 0.2) is 18.5 Å². The number of hydrogen-bond acceptors (Lipinski definition) is 4. The Bertz CT molecular complexity index is 424. The normalized spacial score (nSPS) is 23.7. The molecule has 0 N–H and O–H groups in total. The molecule has 0 radical (unpaired) electrons. The van der Waals surface area contributed by atoms with E-state index >= 15 is 0 Å². The van der Waals surface area contributed by atoms with Crippen LogP contribution in [0.5, 0.6) is 0 Å². The highest BCUT2D eigenvalue weighted by atomic mass is 19.1. The zero-order chi connectivity index (χ0) is 13.0. The van der Waals surface area contributed by atoms with E-state index in [1.807, 2.05) is 0 Å². The molecule has 0 unspecified atom stereocenters. The molecule has 0 aromatic carbocycles. The molecule has 1 saturated carbocycles. The van der Waals surface area contributed by atoms with Crippen molar-refractivity contribution in [3.8, 4) is 0 Å². The number of nitrogens with zero attached hydrogens (tertiary/aromatic N) is 1. The van der Waals surface area contributed by atoms with E-state index < -0.39 is 11.8 Å². The maximum Gasteiger partial charge on any atom is 0.340 e. The minimum atomic E-state index is -0.545. The number of halogens is 1. The molecular weight excluding hydrogens is 237 g/mol. The number of pyridine rings is 1. The van der Waals surface area contributed by atoms with Gasteiger partial charge in [0.05, 0.1) is 17.9 Å². The third-order valence-electron chi connectivity index (χ3n) is 3.14. The van der Waals surface area contributed by atoms with Crippen molar-refractivity contribution in [2.24, 2.45) is 0 Å². The Morgan fingerprint density at radius 3 is 2.72 bits per heavy atom. The van der Waals surface area contributed by atoms with Gasteiger partial charge in [0.25, 0.3) is 0 Å². The molecule has 5 heteroatoms. The molecule has 98 valence electrons. The fraction of sp³-hybridized carbons (Fsp3) is 0.538. The molecule has 0 bridgehead atoms. The zero-order valence-corrected chi connectivity index (χ0v) is 10.3. The lowest BCUT2D eigenvalue weighted by Crippen LogP contribution is -2.35. The molecule has 1 aliphatic rings. The summed E-state index contributed by atoms with van der Waals surface area (Å²) >= 11 is 0. The van der Waals surface area contributed by atoms with Crippen molar-refractivity contribution in [3.05, 3.63) is 29.8 Å². The Labute approximate surface area is 105 Å². The van der Waals surface area contributed by atoms with Gasteiger partial charge in [-0.15, -0.1) is 0 Å². The summed E-state index contributed by atoms with van der Waals surface area (Å²) in [6.07, 6.45) is 5.80. The zero-order valence-electron chi connectivity index (χ0n) is 10.3. The summed E-state index contributed by atoms with van der Waals surface area (Å²) in [5.74, 6) is -1.09. The fourth-order valence-corrected chi connectivity index (χ4v) is 2.20. The second kappa shape index (κ2) is 5.91. The van der Waals surface area contributed by atoms with Crippen molar-refractivity contribution >= 4 is 5.97 Å². The maximum atomic E-state index is 13.0. The predicted molar refractivity (Wildman–Crippen MR) is 62.7 cm³/mol. The first-order valence-electron chi connectivity index (χ1n) is 6.05. The summed E-state index contributed by atoms with van der Waals surface area (Å²) in [5.41, 5.74) is 0.135. The smallest absolute Gasteiger partial charge is 0.340 e. The van der Waals surface area contributed by atoms with Crippen LogP contribution in [0.3, 0.4) is 0 Å². The lowest BCUT2D eigenvalue weighted by Gasteiger charge is -2.29. The van der Waals surface area contributed by atoms with E-state index in [-0.39, 0.29) is 17.8 Å². The molecule has 1 aromatic heterocycles. The number of hydrogen-bond donors (Lipinski definition) is 0. The van der Waals surface area contributed by atoms with Gasteiger partial charge in [-0.2, -0.15) is 0 Å². The Balaban J connectivity index is 2.02. The Morgan fingerprint density at radius 1 is 1.33 bits per heavy atom. The van der Waals surface area contributed by atoms with Gasteiger partial charge in [0.1, 0.15) is 11.9 Å². The number of aromatic nitrogens is 1. The molecule has 1 fully saturated rings. The van der Waals surface area contributed by atoms with Crippen molar-refractivity contribution in [2.45, 2.75) is 37.9 Å². The number of esters is 1. The van der Waals surface area contributed by atoms with Crippen molar-refractivity contribution in [3.63, 3.8) is 0 Å². The van der Waals surface area contributed by atoms with E-state index in [1.54, 1.807) is 7.11 Å². The highest BCUT2D eigenvalue weighted by Crippen LogP contribution is 2.24. The molecule has 18 heavy (non-hydrogen) atoms. The van der Waals surface area contributed by atoms with Crippen molar-refractivity contribution < 1.29 is 18.7 Å². The number of methoxy groups -OCH3 is 1. The van der Waals surface area contributed by atoms with Crippen LogP contribution in [0, 0.1) is 5.82 Å². The molecule has 0 saturated heterocycles. The topological polar surface area (TPSA) is 48.4 Å². The van der Waals surface area contributed by atoms with Crippen LogP contribution in [0.4, 0.5) is 4.39 Å². The number of carbonyl (C=O) groups excluding carboxylic acids is 1. The summed E-state index contributed by atoms with van der Waals surface area (Å²) in [5, 5.41) is 0. The average molecular weight is 253 g/mol. The van der Waals surface area contributed by atoms with E-state index in [4.69, 9.17) is 9.47 Å². The number of ether oxygens (including phenoxy) is 2. The summed E-state index contributed by atoms with van der Waals surface area (Å²) in [6, 6.07) is 1.12. The first-order valence-corrected chi connectivity index (χ1v) is 6.05. The molecule has 4 nitrogen and oxygen atoms in total. The van der Waals surface area contributed by atoms with Gasteiger partial charge in [0.15, 0.2) is 0 Å². The summed E-state index contributed by atoms with van der Waals surface area (Å²) in [6.45, 7) is 0. The van der Waals surface area contributed by atoms with E-state index in [0.29, 0.717) is 0 Å². The second-order valence-corrected chi connectivity index (χ2v) is 4.39. The van der Waals surface area contributed by atoms with Crippen molar-refractivity contribution in [2.75, 3.05) is 7.11 Å². The minimum Gasteiger partial charge on any atom is -0.456 e. The van der Waals surface area contributed by atoms with Crippen LogP contribution in [0.2, 0.25) is 0 Å². The molecule has 2 atom stereocenters. The fourth-order valence-electron chi connectivity index (χ4n) is 2.20. The van der Waals surface area contributed by atoms with E-state index in [0.717, 1.165) is 37.9 Å². The van der Waals surface area contributed by atoms with Crippen LogP contribution >= 0.6 is 0 Å². The monoisotopic (exact) mass is 253 g/mol. The van der Waals surface area contributed by atoms with Gasteiger partial charge in [-0.05, 0) is 25.3 Å². The Morgan fingerprint density at radius 2 is 2.06 bits per heavy atom. The van der Waals surface area contributed by atoms with Gasteiger partial charge in [-0.3, -0.25) is 4.98 Å². The average Bonchev–Trinajstić information content (AvgIpc) is 2.39. The van der Waals surface area contributed by atoms with Gasteiger partial charge in [-0.25, -0.2) is 9.18 Å². The Hall–Kier alpha value is -1.49. The molecular formula is C13H16FNO3. The van der Waals surface area contributed by atoms with Gasteiger partial charge in [0, 0.05) is 13.3 Å². The summed E-state index contributed by atoms with van der Waals surface area (Å²) < 4.78 is 23.6. The van der Waals surface area contributed by atoms with Gasteiger partial charge < -0.3 is 9.47 Å². The van der Waals surface area contributed by atoms with Crippen molar-refractivity contribution in [1.82, 2.24) is 4.98 Å². The third-order valence-corrected chi connectivity index (χ3v) is 3.14. The Kier molecular flexibility index (Phi) is 4.25. The van der Waals surface area contributed by atoms with E-state index in [9.17, 15) is 9.18 Å². The standard InChI is InChI=1S/C13H16FNO3/c1-17-11-4-2-3-5-12(11)18-13(16)9-6-10(14)8-15-7-9/h6-8,11-12H,2-5H2,1H3/t11-,12+/m0/s1. The van der Waals surface area contributed by atoms with E-state index in [2.05, 4.69) is 4.98 Å². The van der Waals surface area contributed by atoms with E-state index in [1.165, 1.54) is 6.20 Å². The number of rotatable bonds is 3. The first kappa shape index (κ1) is 13.0. The SMILES string of the molecule is CO[C@H]1CCCC[C@H]1OC(=O)c1cncc(F)c1. The van der Waals surface area contributed by atoms with Gasteiger partial charge in [0.2, 0.25) is 0 Å². The van der Waals surface area contributed by atoms with Crippen LogP contribution in [0.1, 0.15) is 36.0 Å². The van der Waals surface area contributed by atoms with Crippen LogP contribution in [-0.4, -0.2) is 30.3 Å². The van der Waals surface area contributed by atoms with Gasteiger partial charge in [-0.1, -0.05) is 6.42 Å². The molecule has 0 aliphatic heterocycles. The summed E-state index contributed by atoms with van der Waals surface area (Å²) in [7, 11) is 1.61. The third kappa shape index (κ3) is 3.04.